The van der Waals surface area contributed by atoms with Gasteiger partial charge in [0.05, 0.1) is 19.9 Å². The smallest absolute Gasteiger partial charge is 0.326 e. The number of carbonyl (C=O) groups is 2. The van der Waals surface area contributed by atoms with Crippen LogP contribution in [-0.4, -0.2) is 54.7 Å². The maximum atomic E-state index is 12.7. The Morgan fingerprint density at radius 2 is 1.86 bits per heavy atom. The van der Waals surface area contributed by atoms with E-state index in [0.717, 1.165) is 5.56 Å². The molecule has 1 N–H and O–H groups in total. The van der Waals surface area contributed by atoms with Gasteiger partial charge in [-0.05, 0) is 24.6 Å². The molecular weight excluding hydrogens is 306 g/mol. The molecule has 0 radical (unpaired) electrons. The third-order valence-corrected chi connectivity index (χ3v) is 4.39. The summed E-state index contributed by atoms with van der Waals surface area (Å²) >= 11 is 5.89. The molecule has 118 valence electrons. The quantitative estimate of drug-likeness (QED) is 0.854. The minimum Gasteiger partial charge on any atom is -0.379 e. The highest BCUT2D eigenvalue weighted by atomic mass is 35.5. The van der Waals surface area contributed by atoms with Crippen LogP contribution >= 0.6 is 11.6 Å². The molecule has 3 amide bonds. The number of ether oxygens (including phenoxy) is 1. The largest absolute Gasteiger partial charge is 0.379 e. The molecule has 1 atom stereocenters. The summed E-state index contributed by atoms with van der Waals surface area (Å²) in [5, 5.41) is 3.38. The zero-order valence-corrected chi connectivity index (χ0v) is 13.1. The molecule has 0 bridgehead atoms. The highest BCUT2D eigenvalue weighted by molar-refractivity contribution is 6.30. The number of halogens is 1. The van der Waals surface area contributed by atoms with Gasteiger partial charge in [-0.3, -0.25) is 9.69 Å². The lowest BCUT2D eigenvalue weighted by atomic mass is 9.92. The first-order valence-electron chi connectivity index (χ1n) is 7.21. The Balaban J connectivity index is 1.79. The lowest BCUT2D eigenvalue weighted by molar-refractivity contribution is -0.133. The van der Waals surface area contributed by atoms with Crippen molar-refractivity contribution in [3.8, 4) is 0 Å². The van der Waals surface area contributed by atoms with Gasteiger partial charge in [0.15, 0.2) is 0 Å². The number of hydrogen-bond donors (Lipinski definition) is 1. The van der Waals surface area contributed by atoms with Crippen LogP contribution in [0.2, 0.25) is 5.02 Å². The molecule has 1 aromatic carbocycles. The Morgan fingerprint density at radius 1 is 1.23 bits per heavy atom. The summed E-state index contributed by atoms with van der Waals surface area (Å²) in [5.41, 5.74) is -0.326. The summed E-state index contributed by atoms with van der Waals surface area (Å²) in [5.74, 6) is -0.244. The van der Waals surface area contributed by atoms with Gasteiger partial charge < -0.3 is 10.1 Å². The predicted molar refractivity (Wildman–Crippen MR) is 81.4 cm³/mol. The Hall–Kier alpha value is -1.63. The maximum Gasteiger partial charge on any atom is 0.326 e. The van der Waals surface area contributed by atoms with Crippen LogP contribution in [-0.2, 0) is 15.1 Å². The molecule has 1 aromatic rings. The van der Waals surface area contributed by atoms with Crippen molar-refractivity contribution in [2.24, 2.45) is 0 Å². The summed E-state index contributed by atoms with van der Waals surface area (Å²) in [7, 11) is 0. The van der Waals surface area contributed by atoms with Crippen molar-refractivity contribution in [1.29, 1.82) is 0 Å². The lowest BCUT2D eigenvalue weighted by Crippen LogP contribution is -2.47. The second kappa shape index (κ2) is 5.87. The normalized spacial score (nSPS) is 26.4. The molecule has 2 saturated heterocycles. The second-order valence-electron chi connectivity index (χ2n) is 5.67. The molecule has 6 nitrogen and oxygen atoms in total. The van der Waals surface area contributed by atoms with Gasteiger partial charge in [-0.15, -0.1) is 0 Å². The Bertz CT molecular complexity index is 586. The number of hydrogen-bond acceptors (Lipinski definition) is 4. The van der Waals surface area contributed by atoms with Gasteiger partial charge >= 0.3 is 6.03 Å². The third kappa shape index (κ3) is 2.69. The van der Waals surface area contributed by atoms with E-state index >= 15 is 0 Å². The number of carbonyl (C=O) groups excluding carboxylic acids is 2. The second-order valence-corrected chi connectivity index (χ2v) is 6.10. The van der Waals surface area contributed by atoms with Crippen LogP contribution in [0.15, 0.2) is 24.3 Å². The summed E-state index contributed by atoms with van der Waals surface area (Å²) in [4.78, 5) is 28.3. The van der Waals surface area contributed by atoms with Gasteiger partial charge in [-0.2, -0.15) is 0 Å². The summed E-state index contributed by atoms with van der Waals surface area (Å²) in [6.07, 6.45) is 0. The van der Waals surface area contributed by atoms with Crippen molar-refractivity contribution in [2.45, 2.75) is 12.5 Å². The molecule has 0 aliphatic carbocycles. The fourth-order valence-corrected chi connectivity index (χ4v) is 2.87. The number of rotatable bonds is 3. The molecule has 2 heterocycles. The number of nitrogens with one attached hydrogen (secondary N) is 1. The monoisotopic (exact) mass is 323 g/mol. The van der Waals surface area contributed by atoms with E-state index in [2.05, 4.69) is 5.32 Å². The van der Waals surface area contributed by atoms with E-state index in [-0.39, 0.29) is 18.6 Å². The Kier molecular flexibility index (Phi) is 4.08. The minimum atomic E-state index is -1.05. The number of nitrogens with zero attached hydrogens (tertiary/aromatic N) is 2. The van der Waals surface area contributed by atoms with Crippen molar-refractivity contribution in [3.05, 3.63) is 34.9 Å². The molecule has 3 rings (SSSR count). The molecule has 0 spiro atoms. The Labute approximate surface area is 134 Å². The van der Waals surface area contributed by atoms with Crippen molar-refractivity contribution in [3.63, 3.8) is 0 Å². The first-order valence-corrected chi connectivity index (χ1v) is 7.59. The third-order valence-electron chi connectivity index (χ3n) is 4.14. The zero-order valence-electron chi connectivity index (χ0n) is 12.3. The summed E-state index contributed by atoms with van der Waals surface area (Å²) in [6, 6.07) is 6.59. The van der Waals surface area contributed by atoms with Crippen molar-refractivity contribution in [1.82, 2.24) is 15.1 Å². The van der Waals surface area contributed by atoms with E-state index in [1.54, 1.807) is 31.2 Å². The summed E-state index contributed by atoms with van der Waals surface area (Å²) in [6.45, 7) is 4.69. The number of benzene rings is 1. The molecule has 2 aliphatic rings. The van der Waals surface area contributed by atoms with Gasteiger partial charge in [0.1, 0.15) is 5.54 Å². The highest BCUT2D eigenvalue weighted by Gasteiger charge is 2.49. The van der Waals surface area contributed by atoms with Crippen molar-refractivity contribution in [2.75, 3.05) is 33.0 Å². The van der Waals surface area contributed by atoms with Crippen LogP contribution in [0.1, 0.15) is 12.5 Å². The molecule has 7 heteroatoms. The van der Waals surface area contributed by atoms with Crippen LogP contribution in [0, 0.1) is 0 Å². The number of amides is 3. The minimum absolute atomic E-state index is 0.244. The van der Waals surface area contributed by atoms with Gasteiger partial charge in [0, 0.05) is 18.1 Å². The first kappa shape index (κ1) is 15.3. The summed E-state index contributed by atoms with van der Waals surface area (Å²) < 4.78 is 5.28. The van der Waals surface area contributed by atoms with E-state index in [1.807, 2.05) is 4.90 Å². The lowest BCUT2D eigenvalue weighted by Gasteiger charge is -2.30. The molecule has 2 fully saturated rings. The van der Waals surface area contributed by atoms with Crippen molar-refractivity contribution < 1.29 is 14.3 Å². The number of imide groups is 1. The fourth-order valence-electron chi connectivity index (χ4n) is 2.75. The topological polar surface area (TPSA) is 61.9 Å². The molecule has 0 saturated carbocycles. The average Bonchev–Trinajstić information content (AvgIpc) is 2.73. The average molecular weight is 324 g/mol. The van der Waals surface area contributed by atoms with Gasteiger partial charge in [-0.1, -0.05) is 23.7 Å². The maximum absolute atomic E-state index is 12.7. The highest BCUT2D eigenvalue weighted by Crippen LogP contribution is 2.29. The first-order chi connectivity index (χ1) is 10.5. The SMILES string of the molecule is C[C@@]1(c2ccc(Cl)cc2)NC(=O)N(CN2CCOCC2)C1=O. The molecule has 0 aromatic heterocycles. The Morgan fingerprint density at radius 3 is 2.50 bits per heavy atom. The predicted octanol–water partition coefficient (Wildman–Crippen LogP) is 1.40. The number of urea groups is 1. The van der Waals surface area contributed by atoms with E-state index < -0.39 is 5.54 Å². The molecule has 2 aliphatic heterocycles. The van der Waals surface area contributed by atoms with E-state index in [9.17, 15) is 9.59 Å². The molecule has 22 heavy (non-hydrogen) atoms. The molecule has 0 unspecified atom stereocenters. The van der Waals surface area contributed by atoms with Crippen molar-refractivity contribution >= 4 is 23.5 Å². The standard InChI is InChI=1S/C15H18ClN3O3/c1-15(11-2-4-12(16)5-3-11)13(20)19(14(21)17-15)10-18-6-8-22-9-7-18/h2-5H,6-10H2,1H3,(H,17,21)/t15-/m0/s1. The van der Waals surface area contributed by atoms with Gasteiger partial charge in [0.2, 0.25) is 0 Å². The van der Waals surface area contributed by atoms with Crippen LogP contribution in [0.4, 0.5) is 4.79 Å². The van der Waals surface area contributed by atoms with Crippen LogP contribution in [0.5, 0.6) is 0 Å². The van der Waals surface area contributed by atoms with Gasteiger partial charge in [-0.25, -0.2) is 9.69 Å². The van der Waals surface area contributed by atoms with Crippen LogP contribution < -0.4 is 5.32 Å². The van der Waals surface area contributed by atoms with Gasteiger partial charge in [0.25, 0.3) is 5.91 Å². The van der Waals surface area contributed by atoms with E-state index in [0.29, 0.717) is 31.3 Å². The zero-order chi connectivity index (χ0) is 15.7. The van der Waals surface area contributed by atoms with Crippen LogP contribution in [0.25, 0.3) is 0 Å². The molecular formula is C15H18ClN3O3. The van der Waals surface area contributed by atoms with Crippen LogP contribution in [0.3, 0.4) is 0 Å². The fraction of sp³-hybridized carbons (Fsp3) is 0.467. The number of morpholine rings is 1. The van der Waals surface area contributed by atoms with E-state index in [4.69, 9.17) is 16.3 Å². The van der Waals surface area contributed by atoms with E-state index in [1.165, 1.54) is 4.90 Å².